The first-order valence-electron chi connectivity index (χ1n) is 6.57. The van der Waals surface area contributed by atoms with Crippen molar-refractivity contribution in [1.82, 2.24) is 10.6 Å². The highest BCUT2D eigenvalue weighted by Gasteiger charge is 2.22. The lowest BCUT2D eigenvalue weighted by Crippen LogP contribution is -2.52. The third-order valence-electron chi connectivity index (χ3n) is 3.30. The predicted molar refractivity (Wildman–Crippen MR) is 70.5 cm³/mol. The number of carbonyl (C=O) groups is 1. The lowest BCUT2D eigenvalue weighted by Gasteiger charge is -2.30. The number of hydrogen-bond acceptors (Lipinski definition) is 3. The number of piperidine rings is 1. The number of carbonyl (C=O) groups excluding carboxylic acids is 1. The van der Waals surface area contributed by atoms with E-state index in [-0.39, 0.29) is 30.3 Å². The van der Waals surface area contributed by atoms with Crippen LogP contribution in [0.4, 0.5) is 4.39 Å². The van der Waals surface area contributed by atoms with Gasteiger partial charge in [-0.25, -0.2) is 4.39 Å². The van der Waals surface area contributed by atoms with Crippen molar-refractivity contribution in [2.75, 3.05) is 13.2 Å². The number of nitrogens with one attached hydrogen (secondary N) is 2. The molecule has 2 rings (SSSR count). The Balaban J connectivity index is 1.80. The van der Waals surface area contributed by atoms with Crippen molar-refractivity contribution < 1.29 is 13.9 Å². The van der Waals surface area contributed by atoms with Crippen LogP contribution in [0.1, 0.15) is 19.8 Å². The Labute approximate surface area is 112 Å². The summed E-state index contributed by atoms with van der Waals surface area (Å²) in [7, 11) is 0. The van der Waals surface area contributed by atoms with E-state index in [2.05, 4.69) is 10.6 Å². The van der Waals surface area contributed by atoms with Crippen molar-refractivity contribution >= 4 is 5.91 Å². The van der Waals surface area contributed by atoms with E-state index >= 15 is 0 Å². The largest absolute Gasteiger partial charge is 0.481 e. The van der Waals surface area contributed by atoms with E-state index in [4.69, 9.17) is 4.74 Å². The van der Waals surface area contributed by atoms with E-state index in [0.717, 1.165) is 19.4 Å². The zero-order chi connectivity index (χ0) is 13.7. The standard InChI is InChI=1S/C14H19FN2O2/c1-10-12(6-4-8-16-10)17-14(18)9-19-13-7-3-2-5-11(13)15/h2-3,5,7,10,12,16H,4,6,8-9H2,1H3,(H,17,18). The van der Waals surface area contributed by atoms with Gasteiger partial charge in [-0.3, -0.25) is 4.79 Å². The molecule has 1 aliphatic heterocycles. The third kappa shape index (κ3) is 3.92. The number of benzene rings is 1. The molecule has 1 saturated heterocycles. The minimum Gasteiger partial charge on any atom is -0.481 e. The monoisotopic (exact) mass is 266 g/mol. The molecule has 5 heteroatoms. The molecule has 19 heavy (non-hydrogen) atoms. The molecule has 1 fully saturated rings. The second kappa shape index (κ2) is 6.52. The van der Waals surface area contributed by atoms with E-state index in [1.165, 1.54) is 12.1 Å². The average molecular weight is 266 g/mol. The van der Waals surface area contributed by atoms with E-state index in [9.17, 15) is 9.18 Å². The maximum Gasteiger partial charge on any atom is 0.258 e. The molecule has 0 aliphatic carbocycles. The van der Waals surface area contributed by atoms with Gasteiger partial charge in [-0.15, -0.1) is 0 Å². The minimum absolute atomic E-state index is 0.104. The Bertz CT molecular complexity index is 439. The summed E-state index contributed by atoms with van der Waals surface area (Å²) in [6, 6.07) is 6.44. The molecule has 1 aromatic rings. The zero-order valence-electron chi connectivity index (χ0n) is 11.0. The van der Waals surface area contributed by atoms with Crippen molar-refractivity contribution in [3.63, 3.8) is 0 Å². The van der Waals surface area contributed by atoms with E-state index in [1.807, 2.05) is 6.92 Å². The first-order chi connectivity index (χ1) is 9.16. The van der Waals surface area contributed by atoms with Crippen LogP contribution in [0.15, 0.2) is 24.3 Å². The fourth-order valence-electron chi connectivity index (χ4n) is 2.19. The highest BCUT2D eigenvalue weighted by Crippen LogP contribution is 2.15. The lowest BCUT2D eigenvalue weighted by molar-refractivity contribution is -0.124. The van der Waals surface area contributed by atoms with Crippen LogP contribution in [0, 0.1) is 5.82 Å². The zero-order valence-corrected chi connectivity index (χ0v) is 11.0. The Morgan fingerprint density at radius 3 is 3.05 bits per heavy atom. The van der Waals surface area contributed by atoms with Gasteiger partial charge in [0.1, 0.15) is 0 Å². The number of hydrogen-bond donors (Lipinski definition) is 2. The maximum absolute atomic E-state index is 13.3. The van der Waals surface area contributed by atoms with Crippen LogP contribution in [0.5, 0.6) is 5.75 Å². The van der Waals surface area contributed by atoms with Gasteiger partial charge in [-0.05, 0) is 38.4 Å². The van der Waals surface area contributed by atoms with Gasteiger partial charge >= 0.3 is 0 Å². The van der Waals surface area contributed by atoms with Crippen LogP contribution in [0.25, 0.3) is 0 Å². The molecule has 4 nitrogen and oxygen atoms in total. The Hall–Kier alpha value is -1.62. The molecular weight excluding hydrogens is 247 g/mol. The first-order valence-corrected chi connectivity index (χ1v) is 6.57. The number of ether oxygens (including phenoxy) is 1. The second-order valence-electron chi connectivity index (χ2n) is 4.78. The van der Waals surface area contributed by atoms with Gasteiger partial charge in [0, 0.05) is 12.1 Å². The van der Waals surface area contributed by atoms with Crippen molar-refractivity contribution in [2.45, 2.75) is 31.8 Å². The molecule has 2 unspecified atom stereocenters. The molecular formula is C14H19FN2O2. The minimum atomic E-state index is -0.456. The van der Waals surface area contributed by atoms with Crippen molar-refractivity contribution in [1.29, 1.82) is 0 Å². The summed E-state index contributed by atoms with van der Waals surface area (Å²) in [5.41, 5.74) is 0. The van der Waals surface area contributed by atoms with Gasteiger partial charge in [-0.2, -0.15) is 0 Å². The fourth-order valence-corrected chi connectivity index (χ4v) is 2.19. The second-order valence-corrected chi connectivity index (χ2v) is 4.78. The van der Waals surface area contributed by atoms with Gasteiger partial charge in [0.2, 0.25) is 0 Å². The summed E-state index contributed by atoms with van der Waals surface area (Å²) >= 11 is 0. The van der Waals surface area contributed by atoms with Crippen LogP contribution < -0.4 is 15.4 Å². The van der Waals surface area contributed by atoms with Gasteiger partial charge in [0.05, 0.1) is 0 Å². The van der Waals surface area contributed by atoms with E-state index < -0.39 is 5.82 Å². The predicted octanol–water partition coefficient (Wildman–Crippen LogP) is 1.46. The van der Waals surface area contributed by atoms with Crippen LogP contribution in [-0.2, 0) is 4.79 Å². The highest BCUT2D eigenvalue weighted by atomic mass is 19.1. The molecule has 0 bridgehead atoms. The van der Waals surface area contributed by atoms with Crippen LogP contribution in [0.2, 0.25) is 0 Å². The van der Waals surface area contributed by atoms with Crippen LogP contribution in [-0.4, -0.2) is 31.1 Å². The van der Waals surface area contributed by atoms with Crippen molar-refractivity contribution in [3.05, 3.63) is 30.1 Å². The molecule has 2 N–H and O–H groups in total. The molecule has 0 aromatic heterocycles. The summed E-state index contributed by atoms with van der Waals surface area (Å²) in [6.07, 6.45) is 2.00. The number of para-hydroxylation sites is 1. The summed E-state index contributed by atoms with van der Waals surface area (Å²) in [5, 5.41) is 6.21. The number of rotatable bonds is 4. The van der Waals surface area contributed by atoms with Crippen molar-refractivity contribution in [2.24, 2.45) is 0 Å². The van der Waals surface area contributed by atoms with E-state index in [1.54, 1.807) is 12.1 Å². The highest BCUT2D eigenvalue weighted by molar-refractivity contribution is 5.77. The molecule has 0 spiro atoms. The molecule has 1 aromatic carbocycles. The maximum atomic E-state index is 13.3. The summed E-state index contributed by atoms with van der Waals surface area (Å²) in [6.45, 7) is 2.87. The SMILES string of the molecule is CC1NCCCC1NC(=O)COc1ccccc1F. The summed E-state index contributed by atoms with van der Waals surface area (Å²) in [5.74, 6) is -0.570. The quantitative estimate of drug-likeness (QED) is 0.867. The molecule has 0 saturated carbocycles. The normalized spacial score (nSPS) is 22.8. The van der Waals surface area contributed by atoms with Crippen molar-refractivity contribution in [3.8, 4) is 5.75 Å². The Kier molecular flexibility index (Phi) is 4.74. The third-order valence-corrected chi connectivity index (χ3v) is 3.30. The molecule has 1 amide bonds. The first kappa shape index (κ1) is 13.8. The number of amides is 1. The Morgan fingerprint density at radius 1 is 1.53 bits per heavy atom. The van der Waals surface area contributed by atoms with Gasteiger partial charge in [-0.1, -0.05) is 12.1 Å². The Morgan fingerprint density at radius 2 is 2.32 bits per heavy atom. The van der Waals surface area contributed by atoms with Gasteiger partial charge in [0.15, 0.2) is 18.2 Å². The summed E-state index contributed by atoms with van der Waals surface area (Å²) < 4.78 is 18.5. The lowest BCUT2D eigenvalue weighted by atomic mass is 10.00. The van der Waals surface area contributed by atoms with E-state index in [0.29, 0.717) is 0 Å². The van der Waals surface area contributed by atoms with Gasteiger partial charge in [0.25, 0.3) is 5.91 Å². The topological polar surface area (TPSA) is 50.4 Å². The molecule has 1 heterocycles. The smallest absolute Gasteiger partial charge is 0.258 e. The number of halogens is 1. The molecule has 0 radical (unpaired) electrons. The van der Waals surface area contributed by atoms with Gasteiger partial charge < -0.3 is 15.4 Å². The molecule has 1 aliphatic rings. The van der Waals surface area contributed by atoms with Crippen LogP contribution in [0.3, 0.4) is 0 Å². The van der Waals surface area contributed by atoms with Crippen LogP contribution >= 0.6 is 0 Å². The molecule has 2 atom stereocenters. The molecule has 104 valence electrons. The summed E-state index contributed by atoms with van der Waals surface area (Å²) in [4.78, 5) is 11.8. The fraction of sp³-hybridized carbons (Fsp3) is 0.500. The average Bonchev–Trinajstić information content (AvgIpc) is 2.40.